The van der Waals surface area contributed by atoms with Crippen molar-refractivity contribution in [2.24, 2.45) is 0 Å². The molecule has 1 aliphatic heterocycles. The highest BCUT2D eigenvalue weighted by Crippen LogP contribution is 2.19. The molecule has 0 amide bonds. The summed E-state index contributed by atoms with van der Waals surface area (Å²) in [6, 6.07) is -0.492. The molecule has 0 saturated carbocycles. The fourth-order valence-corrected chi connectivity index (χ4v) is 1.61. The normalized spacial score (nSPS) is 25.9. The van der Waals surface area contributed by atoms with E-state index in [1.54, 1.807) is 0 Å². The predicted octanol–water partition coefficient (Wildman–Crippen LogP) is 0.570. The number of carbonyl (C=O) groups is 1. The molecule has 0 aromatic rings. The van der Waals surface area contributed by atoms with Crippen LogP contribution in [0.25, 0.3) is 0 Å². The highest BCUT2D eigenvalue weighted by atomic mass is 16.5. The van der Waals surface area contributed by atoms with Gasteiger partial charge in [0.2, 0.25) is 0 Å². The molecule has 0 unspecified atom stereocenters. The van der Waals surface area contributed by atoms with Crippen molar-refractivity contribution in [2.75, 3.05) is 19.8 Å². The molecule has 0 aromatic carbocycles. The van der Waals surface area contributed by atoms with Crippen molar-refractivity contribution < 1.29 is 14.6 Å². The minimum atomic E-state index is -0.797. The van der Waals surface area contributed by atoms with Gasteiger partial charge in [-0.25, -0.2) is 0 Å². The lowest BCUT2D eigenvalue weighted by atomic mass is 10.0. The number of hydrogen-bond acceptors (Lipinski definition) is 3. The third-order valence-electron chi connectivity index (χ3n) is 2.28. The molecule has 0 radical (unpaired) electrons. The van der Waals surface area contributed by atoms with Gasteiger partial charge in [-0.1, -0.05) is 0 Å². The van der Waals surface area contributed by atoms with Gasteiger partial charge in [0.05, 0.1) is 13.2 Å². The quantitative estimate of drug-likeness (QED) is 0.652. The van der Waals surface area contributed by atoms with E-state index >= 15 is 0 Å². The third kappa shape index (κ3) is 2.42. The molecule has 1 aliphatic rings. The smallest absolute Gasteiger partial charge is 0.323 e. The summed E-state index contributed by atoms with van der Waals surface area (Å²) in [6.07, 6.45) is 0. The topological polar surface area (TPSA) is 49.8 Å². The van der Waals surface area contributed by atoms with Gasteiger partial charge >= 0.3 is 5.97 Å². The second-order valence-corrected chi connectivity index (χ2v) is 4.29. The standard InChI is InChI=1S/C9H17NO3/c1-9(2,3)10-4-5-13-6-7(10)8(11)12/h7H,4-6H2,1-3H3,(H,11,12)/t7-/m0/s1. The first-order valence-corrected chi connectivity index (χ1v) is 4.50. The molecule has 1 saturated heterocycles. The number of carboxylic acid groups (broad SMARTS) is 1. The zero-order valence-corrected chi connectivity index (χ0v) is 8.41. The van der Waals surface area contributed by atoms with Crippen LogP contribution in [0.1, 0.15) is 20.8 Å². The molecule has 0 aliphatic carbocycles. The van der Waals surface area contributed by atoms with E-state index in [1.807, 2.05) is 25.7 Å². The van der Waals surface area contributed by atoms with Crippen LogP contribution in [0.15, 0.2) is 0 Å². The summed E-state index contributed by atoms with van der Waals surface area (Å²) in [4.78, 5) is 12.9. The summed E-state index contributed by atoms with van der Waals surface area (Å²) < 4.78 is 5.15. The molecule has 13 heavy (non-hydrogen) atoms. The Morgan fingerprint density at radius 2 is 2.15 bits per heavy atom. The molecule has 0 spiro atoms. The SMILES string of the molecule is CC(C)(C)N1CCOC[C@H]1C(=O)O. The number of ether oxygens (including phenoxy) is 1. The van der Waals surface area contributed by atoms with Crippen LogP contribution in [0.3, 0.4) is 0 Å². The fraction of sp³-hybridized carbons (Fsp3) is 0.889. The van der Waals surface area contributed by atoms with E-state index in [1.165, 1.54) is 0 Å². The number of aliphatic carboxylic acids is 1. The van der Waals surface area contributed by atoms with Crippen LogP contribution >= 0.6 is 0 Å². The van der Waals surface area contributed by atoms with Gasteiger partial charge in [0.25, 0.3) is 0 Å². The summed E-state index contributed by atoms with van der Waals surface area (Å²) in [5.41, 5.74) is -0.104. The summed E-state index contributed by atoms with van der Waals surface area (Å²) >= 11 is 0. The number of carboxylic acids is 1. The van der Waals surface area contributed by atoms with Gasteiger partial charge in [-0.2, -0.15) is 0 Å². The molecular formula is C9H17NO3. The van der Waals surface area contributed by atoms with E-state index in [-0.39, 0.29) is 5.54 Å². The van der Waals surface area contributed by atoms with Gasteiger partial charge in [0.1, 0.15) is 6.04 Å². The molecule has 4 heteroatoms. The fourth-order valence-electron chi connectivity index (χ4n) is 1.61. The average molecular weight is 187 g/mol. The van der Waals surface area contributed by atoms with E-state index in [9.17, 15) is 4.79 Å². The highest BCUT2D eigenvalue weighted by Gasteiger charge is 2.35. The maximum atomic E-state index is 10.9. The lowest BCUT2D eigenvalue weighted by Gasteiger charge is -2.42. The first kappa shape index (κ1) is 10.5. The Balaban J connectivity index is 2.73. The Kier molecular flexibility index (Phi) is 2.93. The highest BCUT2D eigenvalue weighted by molar-refractivity contribution is 5.73. The maximum absolute atomic E-state index is 10.9. The molecule has 1 fully saturated rings. The van der Waals surface area contributed by atoms with Crippen LogP contribution in [0.4, 0.5) is 0 Å². The first-order chi connectivity index (χ1) is 5.93. The third-order valence-corrected chi connectivity index (χ3v) is 2.28. The van der Waals surface area contributed by atoms with Crippen LogP contribution in [-0.2, 0) is 9.53 Å². The van der Waals surface area contributed by atoms with Crippen molar-refractivity contribution in [3.05, 3.63) is 0 Å². The van der Waals surface area contributed by atoms with Crippen molar-refractivity contribution in [3.63, 3.8) is 0 Å². The van der Waals surface area contributed by atoms with E-state index in [2.05, 4.69) is 0 Å². The molecule has 0 aromatic heterocycles. The van der Waals surface area contributed by atoms with Crippen LogP contribution in [0.5, 0.6) is 0 Å². The van der Waals surface area contributed by atoms with Crippen molar-refractivity contribution in [1.82, 2.24) is 4.90 Å². The Bertz CT molecular complexity index is 198. The van der Waals surface area contributed by atoms with Crippen molar-refractivity contribution in [2.45, 2.75) is 32.4 Å². The second kappa shape index (κ2) is 3.64. The largest absolute Gasteiger partial charge is 0.480 e. The monoisotopic (exact) mass is 187 g/mol. The van der Waals surface area contributed by atoms with Gasteiger partial charge < -0.3 is 9.84 Å². The van der Waals surface area contributed by atoms with Crippen LogP contribution in [0.2, 0.25) is 0 Å². The number of rotatable bonds is 1. The first-order valence-electron chi connectivity index (χ1n) is 4.50. The van der Waals surface area contributed by atoms with Crippen LogP contribution < -0.4 is 0 Å². The van der Waals surface area contributed by atoms with Crippen LogP contribution in [0, 0.1) is 0 Å². The summed E-state index contributed by atoms with van der Waals surface area (Å²) in [6.45, 7) is 7.69. The second-order valence-electron chi connectivity index (χ2n) is 4.29. The molecule has 1 rings (SSSR count). The zero-order chi connectivity index (χ0) is 10.1. The molecule has 1 atom stereocenters. The summed E-state index contributed by atoms with van der Waals surface area (Å²) in [5, 5.41) is 8.95. The molecule has 4 nitrogen and oxygen atoms in total. The van der Waals surface area contributed by atoms with Crippen molar-refractivity contribution >= 4 is 5.97 Å². The minimum Gasteiger partial charge on any atom is -0.480 e. The molecule has 1 heterocycles. The Labute approximate surface area is 78.5 Å². The van der Waals surface area contributed by atoms with Crippen molar-refractivity contribution in [3.8, 4) is 0 Å². The minimum absolute atomic E-state index is 0.104. The lowest BCUT2D eigenvalue weighted by Crippen LogP contribution is -2.57. The molecule has 0 bridgehead atoms. The maximum Gasteiger partial charge on any atom is 0.323 e. The molecule has 76 valence electrons. The summed E-state index contributed by atoms with van der Waals surface area (Å²) in [7, 11) is 0. The Morgan fingerprint density at radius 3 is 2.54 bits per heavy atom. The van der Waals surface area contributed by atoms with E-state index in [4.69, 9.17) is 9.84 Å². The zero-order valence-electron chi connectivity index (χ0n) is 8.41. The van der Waals surface area contributed by atoms with E-state index < -0.39 is 12.0 Å². The van der Waals surface area contributed by atoms with Crippen LogP contribution in [-0.4, -0.2) is 47.3 Å². The number of nitrogens with zero attached hydrogens (tertiary/aromatic N) is 1. The summed E-state index contributed by atoms with van der Waals surface area (Å²) in [5.74, 6) is -0.797. The van der Waals surface area contributed by atoms with Gasteiger partial charge in [-0.3, -0.25) is 9.69 Å². The number of hydrogen-bond donors (Lipinski definition) is 1. The Hall–Kier alpha value is -0.610. The van der Waals surface area contributed by atoms with E-state index in [0.29, 0.717) is 19.8 Å². The lowest BCUT2D eigenvalue weighted by molar-refractivity contribution is -0.154. The van der Waals surface area contributed by atoms with Gasteiger partial charge in [0, 0.05) is 12.1 Å². The van der Waals surface area contributed by atoms with E-state index in [0.717, 1.165) is 0 Å². The van der Waals surface area contributed by atoms with Crippen molar-refractivity contribution in [1.29, 1.82) is 0 Å². The Morgan fingerprint density at radius 1 is 1.54 bits per heavy atom. The molecular weight excluding hydrogens is 170 g/mol. The van der Waals surface area contributed by atoms with Gasteiger partial charge in [-0.05, 0) is 20.8 Å². The average Bonchev–Trinajstić information content (AvgIpc) is 2.03. The predicted molar refractivity (Wildman–Crippen MR) is 48.7 cm³/mol. The molecule has 1 N–H and O–H groups in total. The van der Waals surface area contributed by atoms with Gasteiger partial charge in [0.15, 0.2) is 0 Å². The van der Waals surface area contributed by atoms with Gasteiger partial charge in [-0.15, -0.1) is 0 Å². The number of morpholine rings is 1.